The lowest BCUT2D eigenvalue weighted by molar-refractivity contribution is -0.138. The van der Waals surface area contributed by atoms with Crippen molar-refractivity contribution >= 4 is 5.97 Å². The van der Waals surface area contributed by atoms with Gasteiger partial charge in [0.15, 0.2) is 0 Å². The van der Waals surface area contributed by atoms with Gasteiger partial charge in [0.05, 0.1) is 5.92 Å². The second kappa shape index (κ2) is 4.52. The van der Waals surface area contributed by atoms with Gasteiger partial charge in [0.2, 0.25) is 0 Å². The largest absolute Gasteiger partial charge is 0.481 e. The number of benzene rings is 1. The summed E-state index contributed by atoms with van der Waals surface area (Å²) in [5.41, 5.74) is 3.97. The normalized spacial score (nSPS) is 24.4. The molecule has 3 unspecified atom stereocenters. The highest BCUT2D eigenvalue weighted by atomic mass is 16.4. The molecule has 0 saturated heterocycles. The minimum atomic E-state index is -0.623. The summed E-state index contributed by atoms with van der Waals surface area (Å²) < 4.78 is 0. The summed E-state index contributed by atoms with van der Waals surface area (Å²) in [4.78, 5) is 10.8. The van der Waals surface area contributed by atoms with Crippen LogP contribution in [-0.2, 0) is 4.79 Å². The Morgan fingerprint density at radius 3 is 2.65 bits per heavy atom. The van der Waals surface area contributed by atoms with E-state index in [2.05, 4.69) is 39.0 Å². The van der Waals surface area contributed by atoms with E-state index in [9.17, 15) is 4.79 Å². The zero-order valence-electron chi connectivity index (χ0n) is 10.7. The van der Waals surface area contributed by atoms with Crippen LogP contribution in [0.4, 0.5) is 0 Å². The van der Waals surface area contributed by atoms with Crippen molar-refractivity contribution < 1.29 is 9.90 Å². The third-order valence-electron chi connectivity index (χ3n) is 4.00. The van der Waals surface area contributed by atoms with Gasteiger partial charge in [-0.3, -0.25) is 4.79 Å². The van der Waals surface area contributed by atoms with Gasteiger partial charge < -0.3 is 5.11 Å². The van der Waals surface area contributed by atoms with Gasteiger partial charge in [-0.25, -0.2) is 0 Å². The predicted molar refractivity (Wildman–Crippen MR) is 68.2 cm³/mol. The van der Waals surface area contributed by atoms with Gasteiger partial charge in [0, 0.05) is 0 Å². The van der Waals surface area contributed by atoms with Crippen LogP contribution in [0.2, 0.25) is 0 Å². The molecular formula is C15H20O2. The van der Waals surface area contributed by atoms with Gasteiger partial charge in [-0.15, -0.1) is 0 Å². The topological polar surface area (TPSA) is 37.3 Å². The maximum absolute atomic E-state index is 10.8. The Kier molecular flexibility index (Phi) is 3.23. The van der Waals surface area contributed by atoms with Crippen molar-refractivity contribution in [2.75, 3.05) is 0 Å². The van der Waals surface area contributed by atoms with Crippen molar-refractivity contribution in [1.29, 1.82) is 0 Å². The van der Waals surface area contributed by atoms with E-state index in [1.807, 2.05) is 0 Å². The third-order valence-corrected chi connectivity index (χ3v) is 4.00. The van der Waals surface area contributed by atoms with Crippen molar-refractivity contribution in [3.8, 4) is 0 Å². The summed E-state index contributed by atoms with van der Waals surface area (Å²) in [6, 6.07) is 6.56. The summed E-state index contributed by atoms with van der Waals surface area (Å²) in [5, 5.41) is 8.89. The highest BCUT2D eigenvalue weighted by Crippen LogP contribution is 2.45. The summed E-state index contributed by atoms with van der Waals surface area (Å²) in [7, 11) is 0. The van der Waals surface area contributed by atoms with Crippen molar-refractivity contribution in [3.05, 3.63) is 34.9 Å². The van der Waals surface area contributed by atoms with E-state index in [4.69, 9.17) is 5.11 Å². The number of carbonyl (C=O) groups is 1. The smallest absolute Gasteiger partial charge is 0.306 e. The van der Waals surface area contributed by atoms with E-state index in [0.717, 1.165) is 12.8 Å². The van der Waals surface area contributed by atoms with Gasteiger partial charge in [0.1, 0.15) is 0 Å². The molecule has 1 aliphatic carbocycles. The van der Waals surface area contributed by atoms with Gasteiger partial charge in [0.25, 0.3) is 0 Å². The van der Waals surface area contributed by atoms with Gasteiger partial charge in [-0.1, -0.05) is 25.1 Å². The van der Waals surface area contributed by atoms with Crippen LogP contribution >= 0.6 is 0 Å². The molecule has 2 rings (SSSR count). The number of hydrogen-bond acceptors (Lipinski definition) is 1. The Labute approximate surface area is 103 Å². The second-order valence-corrected chi connectivity index (χ2v) is 5.42. The van der Waals surface area contributed by atoms with Crippen molar-refractivity contribution in [2.45, 2.75) is 39.5 Å². The maximum Gasteiger partial charge on any atom is 0.306 e. The van der Waals surface area contributed by atoms with Crippen LogP contribution in [0.5, 0.6) is 0 Å². The fourth-order valence-corrected chi connectivity index (χ4v) is 2.47. The van der Waals surface area contributed by atoms with E-state index in [0.29, 0.717) is 11.8 Å². The second-order valence-electron chi connectivity index (χ2n) is 5.42. The molecule has 92 valence electrons. The van der Waals surface area contributed by atoms with Crippen LogP contribution in [0.3, 0.4) is 0 Å². The number of carboxylic acid groups (broad SMARTS) is 1. The quantitative estimate of drug-likeness (QED) is 0.862. The molecule has 0 bridgehead atoms. The van der Waals surface area contributed by atoms with Crippen LogP contribution in [-0.4, -0.2) is 11.1 Å². The van der Waals surface area contributed by atoms with Gasteiger partial charge in [-0.05, 0) is 55.2 Å². The van der Waals surface area contributed by atoms with Crippen molar-refractivity contribution in [1.82, 2.24) is 0 Å². The summed E-state index contributed by atoms with van der Waals surface area (Å²) >= 11 is 0. The summed E-state index contributed by atoms with van der Waals surface area (Å²) in [6.45, 7) is 6.44. The highest BCUT2D eigenvalue weighted by molar-refractivity contribution is 5.73. The molecule has 0 heterocycles. The Balaban J connectivity index is 1.98. The van der Waals surface area contributed by atoms with E-state index >= 15 is 0 Å². The van der Waals surface area contributed by atoms with E-state index < -0.39 is 5.97 Å². The lowest BCUT2D eigenvalue weighted by Crippen LogP contribution is -2.02. The van der Waals surface area contributed by atoms with Crippen molar-refractivity contribution in [2.24, 2.45) is 11.8 Å². The monoisotopic (exact) mass is 232 g/mol. The van der Waals surface area contributed by atoms with Crippen LogP contribution in [0.15, 0.2) is 18.2 Å². The Hall–Kier alpha value is -1.31. The van der Waals surface area contributed by atoms with E-state index in [1.165, 1.54) is 16.7 Å². The number of aryl methyl sites for hydroxylation is 2. The zero-order valence-corrected chi connectivity index (χ0v) is 10.7. The molecule has 2 heteroatoms. The van der Waals surface area contributed by atoms with E-state index in [1.54, 1.807) is 0 Å². The standard InChI is InChI=1S/C15H20O2/c1-9-4-5-12(6-10(9)2)11(3)7-13-8-14(13)15(16)17/h4-6,11,13-14H,7-8H2,1-3H3,(H,16,17). The average molecular weight is 232 g/mol. The first-order valence-corrected chi connectivity index (χ1v) is 6.29. The average Bonchev–Trinajstić information content (AvgIpc) is 3.01. The molecule has 3 atom stereocenters. The SMILES string of the molecule is Cc1ccc(C(C)CC2CC2C(=O)O)cc1C. The maximum atomic E-state index is 10.8. The molecule has 1 N–H and O–H groups in total. The molecule has 1 saturated carbocycles. The molecule has 17 heavy (non-hydrogen) atoms. The zero-order chi connectivity index (χ0) is 12.6. The number of carboxylic acids is 1. The van der Waals surface area contributed by atoms with Crippen LogP contribution < -0.4 is 0 Å². The fraction of sp³-hybridized carbons (Fsp3) is 0.533. The fourth-order valence-electron chi connectivity index (χ4n) is 2.47. The number of rotatable bonds is 4. The van der Waals surface area contributed by atoms with Crippen LogP contribution in [0.1, 0.15) is 42.4 Å². The molecule has 0 aliphatic heterocycles. The van der Waals surface area contributed by atoms with Crippen LogP contribution in [0.25, 0.3) is 0 Å². The predicted octanol–water partition coefficient (Wildman–Crippen LogP) is 3.52. The highest BCUT2D eigenvalue weighted by Gasteiger charge is 2.43. The minimum absolute atomic E-state index is 0.0796. The molecule has 0 spiro atoms. The first-order valence-electron chi connectivity index (χ1n) is 6.29. The molecule has 0 amide bonds. The number of aliphatic carboxylic acids is 1. The molecule has 2 nitrogen and oxygen atoms in total. The first-order chi connectivity index (χ1) is 7.99. The molecule has 1 aromatic rings. The minimum Gasteiger partial charge on any atom is -0.481 e. The molecule has 0 radical (unpaired) electrons. The Bertz CT molecular complexity index is 437. The van der Waals surface area contributed by atoms with Gasteiger partial charge in [-0.2, -0.15) is 0 Å². The lowest BCUT2D eigenvalue weighted by Gasteiger charge is -2.13. The molecule has 1 aromatic carbocycles. The summed E-state index contributed by atoms with van der Waals surface area (Å²) in [5.74, 6) is 0.152. The Morgan fingerprint density at radius 2 is 2.12 bits per heavy atom. The molecular weight excluding hydrogens is 212 g/mol. The lowest BCUT2D eigenvalue weighted by atomic mass is 9.92. The molecule has 0 aromatic heterocycles. The molecule has 1 fully saturated rings. The first kappa shape index (κ1) is 12.2. The Morgan fingerprint density at radius 1 is 1.41 bits per heavy atom. The third kappa shape index (κ3) is 2.68. The molecule has 1 aliphatic rings. The van der Waals surface area contributed by atoms with Gasteiger partial charge >= 0.3 is 5.97 Å². The van der Waals surface area contributed by atoms with Crippen LogP contribution in [0, 0.1) is 25.7 Å². The van der Waals surface area contributed by atoms with Crippen molar-refractivity contribution in [3.63, 3.8) is 0 Å². The van der Waals surface area contributed by atoms with E-state index in [-0.39, 0.29) is 5.92 Å². The summed E-state index contributed by atoms with van der Waals surface area (Å²) in [6.07, 6.45) is 1.87. The number of hydrogen-bond donors (Lipinski definition) is 1.